The number of aromatic nitrogens is 3. The highest BCUT2D eigenvalue weighted by Crippen LogP contribution is 2.28. The van der Waals surface area contributed by atoms with Gasteiger partial charge in [-0.25, -0.2) is 9.67 Å². The molecule has 0 bridgehead atoms. The first-order valence-electron chi connectivity index (χ1n) is 7.31. The van der Waals surface area contributed by atoms with Gasteiger partial charge in [-0.2, -0.15) is 5.10 Å². The van der Waals surface area contributed by atoms with Crippen molar-refractivity contribution in [3.8, 4) is 0 Å². The molecule has 0 saturated heterocycles. The van der Waals surface area contributed by atoms with E-state index in [9.17, 15) is 5.11 Å². The number of benzene rings is 2. The summed E-state index contributed by atoms with van der Waals surface area (Å²) in [6.07, 6.45) is 6.11. The molecule has 0 amide bonds. The molecular formula is C18H16ClN3OS. The van der Waals surface area contributed by atoms with Crippen molar-refractivity contribution in [2.24, 2.45) is 0 Å². The first kappa shape index (κ1) is 16.8. The van der Waals surface area contributed by atoms with Crippen molar-refractivity contribution in [2.45, 2.75) is 11.0 Å². The number of rotatable bonds is 5. The molecule has 0 aliphatic carbocycles. The highest BCUT2D eigenvalue weighted by Gasteiger charge is 2.16. The molecule has 1 N–H and O–H groups in total. The van der Waals surface area contributed by atoms with E-state index in [-0.39, 0.29) is 0 Å². The maximum Gasteiger partial charge on any atom is 0.138 e. The first-order valence-corrected chi connectivity index (χ1v) is 8.92. The fraction of sp³-hybridized carbons (Fsp3) is 0.111. The van der Waals surface area contributed by atoms with Crippen LogP contribution in [0.2, 0.25) is 5.02 Å². The minimum absolute atomic E-state index is 0.617. The Balaban J connectivity index is 1.99. The van der Waals surface area contributed by atoms with Crippen LogP contribution in [0.1, 0.15) is 17.2 Å². The van der Waals surface area contributed by atoms with E-state index >= 15 is 0 Å². The van der Waals surface area contributed by atoms with Gasteiger partial charge >= 0.3 is 0 Å². The van der Waals surface area contributed by atoms with Gasteiger partial charge in [0.05, 0.1) is 5.70 Å². The Morgan fingerprint density at radius 3 is 2.46 bits per heavy atom. The zero-order valence-electron chi connectivity index (χ0n) is 13.0. The van der Waals surface area contributed by atoms with Gasteiger partial charge in [0.25, 0.3) is 0 Å². The highest BCUT2D eigenvalue weighted by atomic mass is 35.5. The quantitative estimate of drug-likeness (QED) is 0.688. The van der Waals surface area contributed by atoms with Gasteiger partial charge in [-0.15, -0.1) is 11.8 Å². The van der Waals surface area contributed by atoms with E-state index < -0.39 is 6.10 Å². The van der Waals surface area contributed by atoms with Gasteiger partial charge in [-0.1, -0.05) is 35.9 Å². The molecule has 3 rings (SSSR count). The molecular weight excluding hydrogens is 342 g/mol. The molecule has 3 aromatic rings. The molecule has 6 heteroatoms. The molecule has 0 fully saturated rings. The van der Waals surface area contributed by atoms with Crippen LogP contribution in [0.5, 0.6) is 0 Å². The Kier molecular flexibility index (Phi) is 5.35. The van der Waals surface area contributed by atoms with Gasteiger partial charge in [-0.3, -0.25) is 0 Å². The van der Waals surface area contributed by atoms with Crippen LogP contribution in [0.4, 0.5) is 0 Å². The molecule has 0 aliphatic rings. The van der Waals surface area contributed by atoms with Gasteiger partial charge in [0, 0.05) is 9.92 Å². The van der Waals surface area contributed by atoms with Gasteiger partial charge < -0.3 is 5.11 Å². The predicted molar refractivity (Wildman–Crippen MR) is 98.8 cm³/mol. The molecule has 0 radical (unpaired) electrons. The minimum atomic E-state index is -0.843. The number of hydrogen-bond acceptors (Lipinski definition) is 4. The normalized spacial score (nSPS) is 13.0. The summed E-state index contributed by atoms with van der Waals surface area (Å²) in [6, 6.07) is 15.2. The minimum Gasteiger partial charge on any atom is -0.382 e. The predicted octanol–water partition coefficient (Wildman–Crippen LogP) is 4.39. The van der Waals surface area contributed by atoms with Crippen molar-refractivity contribution in [1.82, 2.24) is 14.8 Å². The zero-order chi connectivity index (χ0) is 16.9. The summed E-state index contributed by atoms with van der Waals surface area (Å²) < 4.78 is 1.57. The third kappa shape index (κ3) is 3.87. The van der Waals surface area contributed by atoms with Crippen molar-refractivity contribution in [3.05, 3.63) is 77.3 Å². The molecule has 1 atom stereocenters. The van der Waals surface area contributed by atoms with Gasteiger partial charge in [0.1, 0.15) is 18.8 Å². The van der Waals surface area contributed by atoms with Crippen molar-refractivity contribution < 1.29 is 5.11 Å². The van der Waals surface area contributed by atoms with E-state index in [0.717, 1.165) is 11.1 Å². The lowest BCUT2D eigenvalue weighted by Gasteiger charge is -2.16. The largest absolute Gasteiger partial charge is 0.382 e. The molecule has 0 spiro atoms. The number of nitrogens with zero attached hydrogens (tertiary/aromatic N) is 3. The van der Waals surface area contributed by atoms with Crippen LogP contribution >= 0.6 is 23.4 Å². The summed E-state index contributed by atoms with van der Waals surface area (Å²) >= 11 is 7.62. The second kappa shape index (κ2) is 7.66. The molecule has 4 nitrogen and oxygen atoms in total. The molecule has 1 heterocycles. The summed E-state index contributed by atoms with van der Waals surface area (Å²) in [5, 5.41) is 15.6. The lowest BCUT2D eigenvalue weighted by molar-refractivity contribution is 0.231. The number of aliphatic hydroxyl groups is 1. The average molecular weight is 358 g/mol. The smallest absolute Gasteiger partial charge is 0.138 e. The number of thioether (sulfide) groups is 1. The van der Waals surface area contributed by atoms with E-state index in [1.54, 1.807) is 47.0 Å². The first-order chi connectivity index (χ1) is 11.7. The summed E-state index contributed by atoms with van der Waals surface area (Å²) in [7, 11) is 0. The Bertz CT molecular complexity index is 814. The van der Waals surface area contributed by atoms with Crippen LogP contribution in [0.25, 0.3) is 11.8 Å². The highest BCUT2D eigenvalue weighted by molar-refractivity contribution is 7.98. The zero-order valence-corrected chi connectivity index (χ0v) is 14.6. The third-order valence-corrected chi connectivity index (χ3v) is 4.58. The Morgan fingerprint density at radius 1 is 1.17 bits per heavy atom. The Hall–Kier alpha value is -2.08. The second-order valence-electron chi connectivity index (χ2n) is 5.14. The van der Waals surface area contributed by atoms with Crippen LogP contribution in [-0.4, -0.2) is 26.1 Å². The third-order valence-electron chi connectivity index (χ3n) is 3.58. The van der Waals surface area contributed by atoms with Gasteiger partial charge in [-0.05, 0) is 47.7 Å². The van der Waals surface area contributed by atoms with Crippen molar-refractivity contribution in [3.63, 3.8) is 0 Å². The number of aliphatic hydroxyl groups excluding tert-OH is 1. The number of halogens is 1. The Morgan fingerprint density at radius 2 is 1.88 bits per heavy atom. The van der Waals surface area contributed by atoms with Crippen LogP contribution < -0.4 is 0 Å². The maximum atomic E-state index is 10.8. The van der Waals surface area contributed by atoms with E-state index in [4.69, 9.17) is 11.6 Å². The monoisotopic (exact) mass is 357 g/mol. The van der Waals surface area contributed by atoms with Crippen LogP contribution in [0.15, 0.2) is 66.1 Å². The number of hydrogen-bond donors (Lipinski definition) is 1. The van der Waals surface area contributed by atoms with E-state index in [1.165, 1.54) is 11.2 Å². The topological polar surface area (TPSA) is 50.9 Å². The molecule has 1 aromatic heterocycles. The standard InChI is InChI=1S/C18H16ClN3OS/c1-24-16-8-2-13(3-9-16)10-17(22-12-20-11-21-22)18(23)14-4-6-15(19)7-5-14/h2-12,18,23H,1H3/b17-10+. The lowest BCUT2D eigenvalue weighted by Crippen LogP contribution is -2.08. The summed E-state index contributed by atoms with van der Waals surface area (Å²) in [4.78, 5) is 5.17. The summed E-state index contributed by atoms with van der Waals surface area (Å²) in [5.41, 5.74) is 2.33. The van der Waals surface area contributed by atoms with Crippen molar-refractivity contribution >= 4 is 35.1 Å². The van der Waals surface area contributed by atoms with Gasteiger partial charge in [0.2, 0.25) is 0 Å². The van der Waals surface area contributed by atoms with E-state index in [2.05, 4.69) is 10.1 Å². The SMILES string of the molecule is CSc1ccc(/C=C(\C(O)c2ccc(Cl)cc2)n2cncn2)cc1. The van der Waals surface area contributed by atoms with Crippen molar-refractivity contribution in [1.29, 1.82) is 0 Å². The van der Waals surface area contributed by atoms with E-state index in [1.807, 2.05) is 36.6 Å². The molecule has 122 valence electrons. The van der Waals surface area contributed by atoms with Crippen LogP contribution in [0, 0.1) is 0 Å². The summed E-state index contributed by atoms with van der Waals surface area (Å²) in [5.74, 6) is 0. The summed E-state index contributed by atoms with van der Waals surface area (Å²) in [6.45, 7) is 0. The lowest BCUT2D eigenvalue weighted by atomic mass is 10.0. The van der Waals surface area contributed by atoms with Crippen LogP contribution in [-0.2, 0) is 0 Å². The second-order valence-corrected chi connectivity index (χ2v) is 6.45. The molecule has 1 unspecified atom stereocenters. The molecule has 2 aromatic carbocycles. The van der Waals surface area contributed by atoms with Gasteiger partial charge in [0.15, 0.2) is 0 Å². The fourth-order valence-corrected chi connectivity index (χ4v) is 2.83. The maximum absolute atomic E-state index is 10.8. The average Bonchev–Trinajstić information content (AvgIpc) is 3.14. The molecule has 0 saturated carbocycles. The van der Waals surface area contributed by atoms with Crippen LogP contribution in [0.3, 0.4) is 0 Å². The molecule has 0 aliphatic heterocycles. The fourth-order valence-electron chi connectivity index (χ4n) is 2.30. The van der Waals surface area contributed by atoms with Crippen molar-refractivity contribution in [2.75, 3.05) is 6.26 Å². The Labute approximate surface area is 149 Å². The van der Waals surface area contributed by atoms with E-state index in [0.29, 0.717) is 10.7 Å². The molecule has 24 heavy (non-hydrogen) atoms.